The molecule has 1 aliphatic carbocycles. The van der Waals surface area contributed by atoms with Crippen molar-refractivity contribution in [3.8, 4) is 0 Å². The van der Waals surface area contributed by atoms with Crippen molar-refractivity contribution >= 4 is 12.4 Å². The van der Waals surface area contributed by atoms with E-state index in [4.69, 9.17) is 4.74 Å². The summed E-state index contributed by atoms with van der Waals surface area (Å²) < 4.78 is 19.9. The summed E-state index contributed by atoms with van der Waals surface area (Å²) in [6.45, 7) is 6.96. The Balaban J connectivity index is 0.00000240. The Bertz CT molecular complexity index is 781. The van der Waals surface area contributed by atoms with Crippen LogP contribution in [0.15, 0.2) is 42.5 Å². The number of ether oxygens (including phenoxy) is 1. The van der Waals surface area contributed by atoms with Crippen molar-refractivity contribution < 1.29 is 9.13 Å². The molecule has 29 heavy (non-hydrogen) atoms. The van der Waals surface area contributed by atoms with E-state index in [0.717, 1.165) is 26.1 Å². The minimum absolute atomic E-state index is 0. The smallest absolute Gasteiger partial charge is 0.123 e. The second-order valence-electron chi connectivity index (χ2n) is 8.82. The van der Waals surface area contributed by atoms with Gasteiger partial charge >= 0.3 is 0 Å². The highest BCUT2D eigenvalue weighted by molar-refractivity contribution is 5.85. The average Bonchev–Trinajstić information content (AvgIpc) is 3.14. The third kappa shape index (κ3) is 5.02. The summed E-state index contributed by atoms with van der Waals surface area (Å²) in [5.74, 6) is 0.690. The maximum Gasteiger partial charge on any atom is 0.123 e. The van der Waals surface area contributed by atoms with E-state index in [2.05, 4.69) is 37.4 Å². The molecule has 4 heteroatoms. The highest BCUT2D eigenvalue weighted by Gasteiger charge is 2.43. The fourth-order valence-corrected chi connectivity index (χ4v) is 5.21. The minimum atomic E-state index is -0.156. The van der Waals surface area contributed by atoms with Gasteiger partial charge in [0.05, 0.1) is 12.2 Å². The van der Waals surface area contributed by atoms with Crippen molar-refractivity contribution in [2.45, 2.75) is 64.0 Å². The Morgan fingerprint density at radius 1 is 1.03 bits per heavy atom. The number of rotatable bonds is 5. The molecule has 2 atom stereocenters. The fraction of sp³-hybridized carbons (Fsp3) is 0.520. The lowest BCUT2D eigenvalue weighted by molar-refractivity contribution is -0.105. The maximum absolute atomic E-state index is 13.5. The van der Waals surface area contributed by atoms with Gasteiger partial charge in [0, 0.05) is 19.0 Å². The van der Waals surface area contributed by atoms with Crippen molar-refractivity contribution in [2.75, 3.05) is 13.2 Å². The lowest BCUT2D eigenvalue weighted by atomic mass is 9.75. The van der Waals surface area contributed by atoms with Crippen LogP contribution in [-0.4, -0.2) is 18.8 Å². The van der Waals surface area contributed by atoms with Crippen molar-refractivity contribution in [2.24, 2.45) is 5.92 Å². The first kappa shape index (κ1) is 22.3. The van der Waals surface area contributed by atoms with E-state index < -0.39 is 0 Å². The van der Waals surface area contributed by atoms with Gasteiger partial charge in [-0.3, -0.25) is 0 Å². The second kappa shape index (κ2) is 9.59. The van der Waals surface area contributed by atoms with E-state index >= 15 is 0 Å². The van der Waals surface area contributed by atoms with Crippen LogP contribution in [0.25, 0.3) is 0 Å². The summed E-state index contributed by atoms with van der Waals surface area (Å²) >= 11 is 0. The SMILES string of the molecule is Cc1cccc(C)c1CNCC1COC2(CCCC2)CC1c1ccc(F)cc1.Cl. The summed E-state index contributed by atoms with van der Waals surface area (Å²) in [4.78, 5) is 0. The molecular formula is C25H33ClFNO. The third-order valence-corrected chi connectivity index (χ3v) is 6.93. The molecule has 0 bridgehead atoms. The number of hydrogen-bond acceptors (Lipinski definition) is 2. The van der Waals surface area contributed by atoms with Crippen molar-refractivity contribution in [1.82, 2.24) is 5.32 Å². The van der Waals surface area contributed by atoms with Crippen LogP contribution >= 0.6 is 12.4 Å². The van der Waals surface area contributed by atoms with Gasteiger partial charge in [-0.2, -0.15) is 0 Å². The lowest BCUT2D eigenvalue weighted by Gasteiger charge is -2.43. The molecule has 2 aromatic carbocycles. The third-order valence-electron chi connectivity index (χ3n) is 6.93. The van der Waals surface area contributed by atoms with Gasteiger partial charge in [-0.25, -0.2) is 4.39 Å². The summed E-state index contributed by atoms with van der Waals surface area (Å²) in [6.07, 6.45) is 5.95. The first-order valence-corrected chi connectivity index (χ1v) is 10.7. The Hall–Kier alpha value is -1.42. The molecule has 2 fully saturated rings. The Kier molecular flexibility index (Phi) is 7.37. The molecule has 0 radical (unpaired) electrons. The summed E-state index contributed by atoms with van der Waals surface area (Å²) in [6, 6.07) is 13.6. The fourth-order valence-electron chi connectivity index (χ4n) is 5.21. The van der Waals surface area contributed by atoms with E-state index in [1.54, 1.807) is 12.1 Å². The molecule has 1 saturated heterocycles. The Morgan fingerprint density at radius 2 is 1.69 bits per heavy atom. The molecule has 1 aliphatic heterocycles. The van der Waals surface area contributed by atoms with Gasteiger partial charge in [-0.1, -0.05) is 43.2 Å². The van der Waals surface area contributed by atoms with Crippen LogP contribution in [0.4, 0.5) is 4.39 Å². The van der Waals surface area contributed by atoms with Gasteiger partial charge in [0.2, 0.25) is 0 Å². The predicted molar refractivity (Wildman–Crippen MR) is 119 cm³/mol. The molecule has 158 valence electrons. The minimum Gasteiger partial charge on any atom is -0.375 e. The molecule has 2 nitrogen and oxygen atoms in total. The normalized spacial score (nSPS) is 23.1. The standard InChI is InChI=1S/C25H32FNO.ClH/c1-18-6-5-7-19(2)24(18)16-27-15-21-17-28-25(12-3-4-13-25)14-23(21)20-8-10-22(26)11-9-20;/h5-11,21,23,27H,3-4,12-17H2,1-2H3;1H. The van der Waals surface area contributed by atoms with Gasteiger partial charge in [0.1, 0.15) is 5.82 Å². The number of hydrogen-bond donors (Lipinski definition) is 1. The quantitative estimate of drug-likeness (QED) is 0.635. The van der Waals surface area contributed by atoms with Gasteiger partial charge in [0.25, 0.3) is 0 Å². The van der Waals surface area contributed by atoms with E-state index in [-0.39, 0.29) is 23.8 Å². The van der Waals surface area contributed by atoms with E-state index in [0.29, 0.717) is 11.8 Å². The molecule has 2 aliphatic rings. The zero-order valence-corrected chi connectivity index (χ0v) is 18.4. The molecule has 1 spiro atoms. The first-order valence-electron chi connectivity index (χ1n) is 10.7. The molecule has 2 unspecified atom stereocenters. The van der Waals surface area contributed by atoms with Crippen LogP contribution in [-0.2, 0) is 11.3 Å². The second-order valence-corrected chi connectivity index (χ2v) is 8.82. The van der Waals surface area contributed by atoms with Gasteiger partial charge in [-0.15, -0.1) is 12.4 Å². The zero-order valence-electron chi connectivity index (χ0n) is 17.5. The summed E-state index contributed by atoms with van der Waals surface area (Å²) in [5.41, 5.74) is 5.39. The number of nitrogens with one attached hydrogen (secondary N) is 1. The van der Waals surface area contributed by atoms with Crippen LogP contribution < -0.4 is 5.32 Å². The van der Waals surface area contributed by atoms with Crippen LogP contribution in [0.2, 0.25) is 0 Å². The van der Waals surface area contributed by atoms with Crippen LogP contribution in [0.5, 0.6) is 0 Å². The summed E-state index contributed by atoms with van der Waals surface area (Å²) in [7, 11) is 0. The summed E-state index contributed by atoms with van der Waals surface area (Å²) in [5, 5.41) is 3.69. The first-order chi connectivity index (χ1) is 13.6. The van der Waals surface area contributed by atoms with Crippen molar-refractivity contribution in [3.63, 3.8) is 0 Å². The van der Waals surface area contributed by atoms with Gasteiger partial charge in [-0.05, 0) is 73.4 Å². The monoisotopic (exact) mass is 417 g/mol. The molecule has 2 aromatic rings. The van der Waals surface area contributed by atoms with E-state index in [1.807, 2.05) is 12.1 Å². The van der Waals surface area contributed by atoms with Crippen LogP contribution in [0.3, 0.4) is 0 Å². The number of halogens is 2. The maximum atomic E-state index is 13.5. The average molecular weight is 418 g/mol. The number of benzene rings is 2. The lowest BCUT2D eigenvalue weighted by Crippen LogP contribution is -2.44. The van der Waals surface area contributed by atoms with E-state index in [1.165, 1.54) is 47.9 Å². The highest BCUT2D eigenvalue weighted by Crippen LogP contribution is 2.47. The largest absolute Gasteiger partial charge is 0.375 e. The molecule has 1 N–H and O–H groups in total. The molecule has 0 aromatic heterocycles. The Labute approximate surface area is 180 Å². The van der Waals surface area contributed by atoms with Gasteiger partial charge < -0.3 is 10.1 Å². The van der Waals surface area contributed by atoms with E-state index in [9.17, 15) is 4.39 Å². The molecule has 4 rings (SSSR count). The van der Waals surface area contributed by atoms with Crippen LogP contribution in [0, 0.1) is 25.6 Å². The van der Waals surface area contributed by atoms with Crippen molar-refractivity contribution in [3.05, 3.63) is 70.5 Å². The Morgan fingerprint density at radius 3 is 2.34 bits per heavy atom. The molecular weight excluding hydrogens is 385 g/mol. The zero-order chi connectivity index (χ0) is 19.6. The predicted octanol–water partition coefficient (Wildman–Crippen LogP) is 6.09. The van der Waals surface area contributed by atoms with Crippen LogP contribution in [0.1, 0.15) is 60.3 Å². The highest BCUT2D eigenvalue weighted by atomic mass is 35.5. The van der Waals surface area contributed by atoms with Gasteiger partial charge in [0.15, 0.2) is 0 Å². The topological polar surface area (TPSA) is 21.3 Å². The van der Waals surface area contributed by atoms with Crippen molar-refractivity contribution in [1.29, 1.82) is 0 Å². The number of aryl methyl sites for hydroxylation is 2. The molecule has 1 saturated carbocycles. The molecule has 1 heterocycles. The molecule has 0 amide bonds.